The van der Waals surface area contributed by atoms with E-state index in [4.69, 9.17) is 0 Å². The Hall–Kier alpha value is -2.80. The summed E-state index contributed by atoms with van der Waals surface area (Å²) < 4.78 is 2.47. The Balaban J connectivity index is 2.02. The number of aromatic nitrogens is 1. The van der Waals surface area contributed by atoms with Gasteiger partial charge in [0.15, 0.2) is 0 Å². The number of allylic oxidation sites excluding steroid dienone is 1. The summed E-state index contributed by atoms with van der Waals surface area (Å²) in [5, 5.41) is 3.99. The monoisotopic (exact) mass is 295 g/mol. The molecule has 110 valence electrons. The Morgan fingerprint density at radius 2 is 1.57 bits per heavy atom. The zero-order valence-corrected chi connectivity index (χ0v) is 12.9. The highest BCUT2D eigenvalue weighted by Crippen LogP contribution is 2.37. The summed E-state index contributed by atoms with van der Waals surface area (Å²) >= 11 is 0. The molecule has 0 amide bonds. The van der Waals surface area contributed by atoms with Crippen molar-refractivity contribution in [1.82, 2.24) is 4.57 Å². The van der Waals surface area contributed by atoms with E-state index in [2.05, 4.69) is 83.4 Å². The fourth-order valence-corrected chi connectivity index (χ4v) is 3.84. The second-order valence-electron chi connectivity index (χ2n) is 6.16. The zero-order chi connectivity index (χ0) is 15.2. The first-order valence-corrected chi connectivity index (χ1v) is 8.20. The molecule has 0 fully saturated rings. The normalized spacial score (nSPS) is 13.6. The van der Waals surface area contributed by atoms with Gasteiger partial charge in [0.25, 0.3) is 0 Å². The van der Waals surface area contributed by atoms with E-state index < -0.39 is 0 Å². The van der Waals surface area contributed by atoms with Gasteiger partial charge in [0.05, 0.1) is 5.52 Å². The van der Waals surface area contributed by atoms with E-state index in [-0.39, 0.29) is 0 Å². The molecule has 23 heavy (non-hydrogen) atoms. The summed E-state index contributed by atoms with van der Waals surface area (Å²) in [5.41, 5.74) is 5.42. The zero-order valence-electron chi connectivity index (χ0n) is 12.9. The van der Waals surface area contributed by atoms with Crippen molar-refractivity contribution >= 4 is 27.8 Å². The van der Waals surface area contributed by atoms with E-state index in [1.54, 1.807) is 0 Å². The average Bonchev–Trinajstić information content (AvgIpc) is 2.97. The molecule has 1 heterocycles. The van der Waals surface area contributed by atoms with Crippen LogP contribution in [0.3, 0.4) is 0 Å². The van der Waals surface area contributed by atoms with Crippen LogP contribution in [0.15, 0.2) is 72.8 Å². The van der Waals surface area contributed by atoms with Gasteiger partial charge in [0.2, 0.25) is 0 Å². The molecule has 0 N–H and O–H groups in total. The molecule has 0 unspecified atom stereocenters. The van der Waals surface area contributed by atoms with Crippen LogP contribution in [0.25, 0.3) is 33.4 Å². The first-order chi connectivity index (χ1) is 11.4. The average molecular weight is 295 g/mol. The third kappa shape index (κ3) is 1.80. The maximum atomic E-state index is 2.47. The molecule has 0 bridgehead atoms. The number of fused-ring (bicyclic) bond motifs is 5. The van der Waals surface area contributed by atoms with Gasteiger partial charge in [0, 0.05) is 27.7 Å². The molecular formula is C22H17N. The maximum absolute atomic E-state index is 2.47. The highest BCUT2D eigenvalue weighted by atomic mass is 15.0. The molecule has 0 atom stereocenters. The highest BCUT2D eigenvalue weighted by Gasteiger charge is 2.19. The van der Waals surface area contributed by atoms with Crippen LogP contribution in [-0.2, 0) is 6.42 Å². The first kappa shape index (κ1) is 12.7. The molecule has 1 aliphatic rings. The van der Waals surface area contributed by atoms with Gasteiger partial charge in [0.1, 0.15) is 0 Å². The van der Waals surface area contributed by atoms with Crippen molar-refractivity contribution < 1.29 is 0 Å². The van der Waals surface area contributed by atoms with Crippen molar-refractivity contribution in [1.29, 1.82) is 0 Å². The first-order valence-electron chi connectivity index (χ1n) is 8.20. The van der Waals surface area contributed by atoms with E-state index in [0.29, 0.717) is 0 Å². The predicted octanol–water partition coefficient (Wildman–Crippen LogP) is 5.74. The van der Waals surface area contributed by atoms with Crippen LogP contribution >= 0.6 is 0 Å². The van der Waals surface area contributed by atoms with Crippen LogP contribution in [0, 0.1) is 0 Å². The summed E-state index contributed by atoms with van der Waals surface area (Å²) in [4.78, 5) is 0. The SMILES string of the molecule is C1=Cc2c(n(-c3ccccc3)c3c2ccc2ccccc23)CC1. The minimum atomic E-state index is 1.10. The quantitative estimate of drug-likeness (QED) is 0.422. The van der Waals surface area contributed by atoms with Gasteiger partial charge >= 0.3 is 0 Å². The molecule has 0 radical (unpaired) electrons. The lowest BCUT2D eigenvalue weighted by Gasteiger charge is -2.13. The lowest BCUT2D eigenvalue weighted by Crippen LogP contribution is -2.02. The molecule has 0 saturated carbocycles. The van der Waals surface area contributed by atoms with Crippen LogP contribution in [0.2, 0.25) is 0 Å². The molecule has 1 aromatic heterocycles. The van der Waals surface area contributed by atoms with Gasteiger partial charge in [-0.1, -0.05) is 66.7 Å². The molecular weight excluding hydrogens is 278 g/mol. The Kier molecular flexibility index (Phi) is 2.68. The lowest BCUT2D eigenvalue weighted by atomic mass is 10.0. The van der Waals surface area contributed by atoms with E-state index >= 15 is 0 Å². The van der Waals surface area contributed by atoms with Gasteiger partial charge < -0.3 is 4.57 Å². The standard InChI is InChI=1S/C22H17N/c1-2-9-17(10-3-1)23-21-13-7-6-12-19(21)20-15-14-16-8-4-5-11-18(16)22(20)23/h1-6,8-12,14-15H,7,13H2. The van der Waals surface area contributed by atoms with Gasteiger partial charge in [-0.25, -0.2) is 0 Å². The topological polar surface area (TPSA) is 4.93 Å². The van der Waals surface area contributed by atoms with E-state index in [1.807, 2.05) is 0 Å². The minimum Gasteiger partial charge on any atom is -0.312 e. The maximum Gasteiger partial charge on any atom is 0.0616 e. The fourth-order valence-electron chi connectivity index (χ4n) is 3.84. The summed E-state index contributed by atoms with van der Waals surface area (Å²) in [7, 11) is 0. The summed E-state index contributed by atoms with van der Waals surface area (Å²) in [6.45, 7) is 0. The lowest BCUT2D eigenvalue weighted by molar-refractivity contribution is 0.890. The Morgan fingerprint density at radius 1 is 0.739 bits per heavy atom. The van der Waals surface area contributed by atoms with Crippen molar-refractivity contribution in [3.63, 3.8) is 0 Å². The molecule has 1 nitrogen and oxygen atoms in total. The second kappa shape index (κ2) is 4.85. The number of hydrogen-bond acceptors (Lipinski definition) is 0. The largest absolute Gasteiger partial charge is 0.312 e. The van der Waals surface area contributed by atoms with Crippen LogP contribution in [-0.4, -0.2) is 4.57 Å². The van der Waals surface area contributed by atoms with Crippen LogP contribution in [0.4, 0.5) is 0 Å². The van der Waals surface area contributed by atoms with Crippen molar-refractivity contribution in [2.24, 2.45) is 0 Å². The van der Waals surface area contributed by atoms with Crippen molar-refractivity contribution in [2.75, 3.05) is 0 Å². The van der Waals surface area contributed by atoms with Crippen LogP contribution in [0.5, 0.6) is 0 Å². The second-order valence-corrected chi connectivity index (χ2v) is 6.16. The van der Waals surface area contributed by atoms with E-state index in [1.165, 1.54) is 38.6 Å². The number of hydrogen-bond donors (Lipinski definition) is 0. The van der Waals surface area contributed by atoms with Crippen molar-refractivity contribution in [3.05, 3.63) is 84.1 Å². The Labute approximate surface area is 135 Å². The summed E-state index contributed by atoms with van der Waals surface area (Å²) in [6, 6.07) is 24.0. The Morgan fingerprint density at radius 3 is 2.48 bits per heavy atom. The number of rotatable bonds is 1. The molecule has 3 aromatic carbocycles. The minimum absolute atomic E-state index is 1.10. The predicted molar refractivity (Wildman–Crippen MR) is 98.1 cm³/mol. The number of para-hydroxylation sites is 1. The van der Waals surface area contributed by atoms with Gasteiger partial charge in [-0.05, 0) is 30.4 Å². The summed E-state index contributed by atoms with van der Waals surface area (Å²) in [6.07, 6.45) is 6.82. The Bertz CT molecular complexity index is 1050. The van der Waals surface area contributed by atoms with Gasteiger partial charge in [-0.15, -0.1) is 0 Å². The van der Waals surface area contributed by atoms with Crippen molar-refractivity contribution in [2.45, 2.75) is 12.8 Å². The molecule has 0 spiro atoms. The van der Waals surface area contributed by atoms with Gasteiger partial charge in [-0.2, -0.15) is 0 Å². The third-order valence-electron chi connectivity index (χ3n) is 4.84. The van der Waals surface area contributed by atoms with Crippen LogP contribution < -0.4 is 0 Å². The third-order valence-corrected chi connectivity index (χ3v) is 4.84. The molecule has 4 aromatic rings. The molecule has 0 saturated heterocycles. The smallest absolute Gasteiger partial charge is 0.0616 e. The number of benzene rings is 3. The molecule has 1 heteroatoms. The van der Waals surface area contributed by atoms with Crippen LogP contribution in [0.1, 0.15) is 17.7 Å². The molecule has 5 rings (SSSR count). The van der Waals surface area contributed by atoms with E-state index in [9.17, 15) is 0 Å². The number of nitrogens with zero attached hydrogens (tertiary/aromatic N) is 1. The fraction of sp³-hybridized carbons (Fsp3) is 0.0909. The van der Waals surface area contributed by atoms with E-state index in [0.717, 1.165) is 12.8 Å². The molecule has 1 aliphatic carbocycles. The van der Waals surface area contributed by atoms with Gasteiger partial charge in [-0.3, -0.25) is 0 Å². The highest BCUT2D eigenvalue weighted by molar-refractivity contribution is 6.10. The summed E-state index contributed by atoms with van der Waals surface area (Å²) in [5.74, 6) is 0. The molecule has 0 aliphatic heterocycles. The van der Waals surface area contributed by atoms with Crippen molar-refractivity contribution in [3.8, 4) is 5.69 Å².